The molecule has 8 aromatic carbocycles. The van der Waals surface area contributed by atoms with Gasteiger partial charge in [0.1, 0.15) is 0 Å². The van der Waals surface area contributed by atoms with Crippen LogP contribution in [-0.4, -0.2) is 15.0 Å². The van der Waals surface area contributed by atoms with Gasteiger partial charge in [0, 0.05) is 16.7 Å². The highest BCUT2D eigenvalue weighted by Gasteiger charge is 2.14. The van der Waals surface area contributed by atoms with Crippen molar-refractivity contribution in [2.75, 3.05) is 0 Å². The van der Waals surface area contributed by atoms with Crippen molar-refractivity contribution in [3.05, 3.63) is 188 Å². The Kier molecular flexibility index (Phi) is 7.49. The Labute approximate surface area is 291 Å². The van der Waals surface area contributed by atoms with Crippen LogP contribution in [0.5, 0.6) is 0 Å². The van der Waals surface area contributed by atoms with Crippen molar-refractivity contribution in [3.63, 3.8) is 0 Å². The van der Waals surface area contributed by atoms with E-state index in [2.05, 4.69) is 152 Å². The Morgan fingerprint density at radius 3 is 1.42 bits per heavy atom. The van der Waals surface area contributed by atoms with Gasteiger partial charge in [0.15, 0.2) is 17.5 Å². The number of aromatic nitrogens is 3. The number of nitrogens with zero attached hydrogens (tertiary/aromatic N) is 3. The van der Waals surface area contributed by atoms with Crippen molar-refractivity contribution < 1.29 is 0 Å². The van der Waals surface area contributed by atoms with E-state index in [1.165, 1.54) is 38.2 Å². The Morgan fingerprint density at radius 1 is 0.240 bits per heavy atom. The fourth-order valence-corrected chi connectivity index (χ4v) is 6.70. The van der Waals surface area contributed by atoms with Gasteiger partial charge >= 0.3 is 0 Å². The molecule has 3 nitrogen and oxygen atoms in total. The highest BCUT2D eigenvalue weighted by atomic mass is 15.0. The van der Waals surface area contributed by atoms with Gasteiger partial charge in [0.05, 0.1) is 0 Å². The third-order valence-electron chi connectivity index (χ3n) is 9.31. The van der Waals surface area contributed by atoms with Crippen LogP contribution >= 0.6 is 0 Å². The summed E-state index contributed by atoms with van der Waals surface area (Å²) in [7, 11) is 0. The molecule has 0 radical (unpaired) electrons. The first-order valence-electron chi connectivity index (χ1n) is 16.9. The molecule has 9 rings (SSSR count). The Morgan fingerprint density at radius 2 is 0.680 bits per heavy atom. The topological polar surface area (TPSA) is 38.7 Å². The number of hydrogen-bond acceptors (Lipinski definition) is 3. The fraction of sp³-hybridized carbons (Fsp3) is 0. The Bertz CT molecular complexity index is 2620. The van der Waals surface area contributed by atoms with Crippen molar-refractivity contribution in [2.45, 2.75) is 0 Å². The van der Waals surface area contributed by atoms with Crippen LogP contribution in [-0.2, 0) is 0 Å². The largest absolute Gasteiger partial charge is 0.208 e. The molecule has 0 aliphatic heterocycles. The van der Waals surface area contributed by atoms with Gasteiger partial charge in [-0.05, 0) is 73.1 Å². The van der Waals surface area contributed by atoms with Crippen LogP contribution in [0.1, 0.15) is 0 Å². The first-order chi connectivity index (χ1) is 24.7. The van der Waals surface area contributed by atoms with E-state index in [0.717, 1.165) is 33.4 Å². The zero-order chi connectivity index (χ0) is 33.3. The van der Waals surface area contributed by atoms with Crippen LogP contribution < -0.4 is 0 Å². The maximum absolute atomic E-state index is 5.02. The summed E-state index contributed by atoms with van der Waals surface area (Å²) in [6, 6.07) is 66.0. The van der Waals surface area contributed by atoms with Crippen LogP contribution in [0, 0.1) is 0 Å². The second-order valence-corrected chi connectivity index (χ2v) is 12.5. The maximum atomic E-state index is 5.02. The maximum Gasteiger partial charge on any atom is 0.164 e. The third-order valence-corrected chi connectivity index (χ3v) is 9.31. The minimum atomic E-state index is 0.642. The summed E-state index contributed by atoms with van der Waals surface area (Å²) in [6.07, 6.45) is 0. The van der Waals surface area contributed by atoms with Gasteiger partial charge in [-0.1, -0.05) is 170 Å². The lowest BCUT2D eigenvalue weighted by Crippen LogP contribution is -2.00. The molecule has 0 bridgehead atoms. The molecule has 0 fully saturated rings. The number of fused-ring (bicyclic) bond motifs is 2. The molecule has 50 heavy (non-hydrogen) atoms. The molecule has 0 aliphatic carbocycles. The molecule has 0 spiro atoms. The van der Waals surface area contributed by atoms with Gasteiger partial charge in [-0.25, -0.2) is 15.0 Å². The lowest BCUT2D eigenvalue weighted by atomic mass is 9.94. The summed E-state index contributed by atoms with van der Waals surface area (Å²) in [5.74, 6) is 1.94. The molecule has 1 aromatic heterocycles. The van der Waals surface area contributed by atoms with Crippen molar-refractivity contribution in [1.29, 1.82) is 0 Å². The summed E-state index contributed by atoms with van der Waals surface area (Å²) in [6.45, 7) is 0. The Balaban J connectivity index is 1.08. The van der Waals surface area contributed by atoms with Crippen LogP contribution in [0.4, 0.5) is 0 Å². The Hall–Kier alpha value is -6.71. The quantitative estimate of drug-likeness (QED) is 0.182. The van der Waals surface area contributed by atoms with Crippen molar-refractivity contribution >= 4 is 21.5 Å². The van der Waals surface area contributed by atoms with Crippen LogP contribution in [0.3, 0.4) is 0 Å². The van der Waals surface area contributed by atoms with E-state index < -0.39 is 0 Å². The number of benzene rings is 8. The molecular weight excluding hydrogens is 607 g/mol. The van der Waals surface area contributed by atoms with E-state index in [4.69, 9.17) is 15.0 Å². The van der Waals surface area contributed by atoms with Gasteiger partial charge in [0.2, 0.25) is 0 Å². The van der Waals surface area contributed by atoms with Crippen molar-refractivity contribution in [1.82, 2.24) is 15.0 Å². The molecule has 0 atom stereocenters. The van der Waals surface area contributed by atoms with Gasteiger partial charge in [0.25, 0.3) is 0 Å². The lowest BCUT2D eigenvalue weighted by Gasteiger charge is -2.11. The molecule has 1 heterocycles. The minimum Gasteiger partial charge on any atom is -0.208 e. The van der Waals surface area contributed by atoms with Gasteiger partial charge in [-0.3, -0.25) is 0 Å². The van der Waals surface area contributed by atoms with Crippen molar-refractivity contribution in [3.8, 4) is 67.5 Å². The predicted molar refractivity (Wildman–Crippen MR) is 207 cm³/mol. The van der Waals surface area contributed by atoms with Gasteiger partial charge in [-0.15, -0.1) is 0 Å². The first kappa shape index (κ1) is 29.4. The summed E-state index contributed by atoms with van der Waals surface area (Å²) in [4.78, 5) is 15.0. The molecule has 0 N–H and O–H groups in total. The smallest absolute Gasteiger partial charge is 0.164 e. The lowest BCUT2D eigenvalue weighted by molar-refractivity contribution is 1.07. The van der Waals surface area contributed by atoms with Crippen LogP contribution in [0.15, 0.2) is 188 Å². The molecule has 9 aromatic rings. The van der Waals surface area contributed by atoms with Crippen LogP contribution in [0.2, 0.25) is 0 Å². The first-order valence-corrected chi connectivity index (χ1v) is 16.9. The second kappa shape index (κ2) is 12.7. The highest BCUT2D eigenvalue weighted by molar-refractivity contribution is 5.99. The molecule has 0 aliphatic rings. The third kappa shape index (κ3) is 5.72. The van der Waals surface area contributed by atoms with E-state index >= 15 is 0 Å². The molecule has 0 saturated carbocycles. The monoisotopic (exact) mass is 637 g/mol. The minimum absolute atomic E-state index is 0.642. The predicted octanol–water partition coefficient (Wildman–Crippen LogP) is 12.2. The summed E-state index contributed by atoms with van der Waals surface area (Å²) >= 11 is 0. The summed E-state index contributed by atoms with van der Waals surface area (Å²) in [5, 5.41) is 4.93. The van der Waals surface area contributed by atoms with E-state index in [1.807, 2.05) is 36.4 Å². The fourth-order valence-electron chi connectivity index (χ4n) is 6.70. The normalized spacial score (nSPS) is 11.2. The zero-order valence-electron chi connectivity index (χ0n) is 27.2. The zero-order valence-corrected chi connectivity index (χ0v) is 27.2. The van der Waals surface area contributed by atoms with E-state index in [1.54, 1.807) is 0 Å². The standard InChI is InChI=1S/C47H31N3/c1-3-11-32(12-4-1)33-21-23-36(24-22-33)46-48-45(35-14-5-2-6-15-35)49-47(50-46)42-18-9-17-37(31-42)38-25-26-40-30-41(28-27-39(40)29-38)44-20-10-16-34-13-7-8-19-43(34)44/h1-31H. The average molecular weight is 638 g/mol. The molecule has 0 unspecified atom stereocenters. The SMILES string of the molecule is c1ccc(-c2ccc(-c3nc(-c4ccccc4)nc(-c4cccc(-c5ccc6cc(-c7cccc8ccccc78)ccc6c5)c4)n3)cc2)cc1. The molecule has 234 valence electrons. The number of rotatable bonds is 6. The van der Waals surface area contributed by atoms with Gasteiger partial charge in [-0.2, -0.15) is 0 Å². The van der Waals surface area contributed by atoms with Crippen LogP contribution in [0.25, 0.3) is 89.1 Å². The van der Waals surface area contributed by atoms with Gasteiger partial charge < -0.3 is 0 Å². The van der Waals surface area contributed by atoms with Crippen molar-refractivity contribution in [2.24, 2.45) is 0 Å². The summed E-state index contributed by atoms with van der Waals surface area (Å²) in [5.41, 5.74) is 9.89. The molecule has 0 amide bonds. The molecule has 0 saturated heterocycles. The van der Waals surface area contributed by atoms with E-state index in [0.29, 0.717) is 17.5 Å². The second-order valence-electron chi connectivity index (χ2n) is 12.5. The average Bonchev–Trinajstić information content (AvgIpc) is 3.21. The van der Waals surface area contributed by atoms with E-state index in [9.17, 15) is 0 Å². The molecular formula is C47H31N3. The molecule has 3 heteroatoms. The van der Waals surface area contributed by atoms with E-state index in [-0.39, 0.29) is 0 Å². The summed E-state index contributed by atoms with van der Waals surface area (Å²) < 4.78 is 0. The highest BCUT2D eigenvalue weighted by Crippen LogP contribution is 2.34. The number of hydrogen-bond donors (Lipinski definition) is 0.